The number of aromatic amines is 1. The Morgan fingerprint density at radius 1 is 1.09 bits per heavy atom. The smallest absolute Gasteiger partial charge is 0.316 e. The van der Waals surface area contributed by atoms with Gasteiger partial charge in [-0.25, -0.2) is 4.98 Å². The molecule has 2 aromatic heterocycles. The summed E-state index contributed by atoms with van der Waals surface area (Å²) in [6.07, 6.45) is 10.3. The molecule has 2 bridgehead atoms. The number of hydrogen-bond donors (Lipinski definition) is 4. The molecule has 4 aliphatic rings. The third-order valence-electron chi connectivity index (χ3n) is 13.2. The number of fused-ring (bicyclic) bond motifs is 4. The van der Waals surface area contributed by atoms with E-state index >= 15 is 0 Å². The van der Waals surface area contributed by atoms with Crippen molar-refractivity contribution in [3.05, 3.63) is 86.6 Å². The van der Waals surface area contributed by atoms with Crippen molar-refractivity contribution in [3.63, 3.8) is 0 Å². The number of phenols is 1. The Labute approximate surface area is 347 Å². The van der Waals surface area contributed by atoms with Crippen molar-refractivity contribution in [3.8, 4) is 5.75 Å². The summed E-state index contributed by atoms with van der Waals surface area (Å²) < 4.78 is 13.3. The Hall–Kier alpha value is -3.88. The van der Waals surface area contributed by atoms with E-state index in [1.165, 1.54) is 17.4 Å². The van der Waals surface area contributed by atoms with Gasteiger partial charge in [0.05, 0.1) is 17.0 Å². The summed E-state index contributed by atoms with van der Waals surface area (Å²) in [5, 5.41) is 18.3. The van der Waals surface area contributed by atoms with Gasteiger partial charge in [-0.15, -0.1) is 11.3 Å². The second-order valence-corrected chi connectivity index (χ2v) is 24.1. The molecule has 312 valence electrons. The van der Waals surface area contributed by atoms with E-state index in [-0.39, 0.29) is 40.4 Å². The monoisotopic (exact) mass is 827 g/mol. The molecule has 58 heavy (non-hydrogen) atoms. The number of aromatic nitrogens is 2. The van der Waals surface area contributed by atoms with Crippen LogP contribution < -0.4 is 16.2 Å². The number of thiazole rings is 1. The van der Waals surface area contributed by atoms with Crippen LogP contribution in [0.2, 0.25) is 18.1 Å². The maximum absolute atomic E-state index is 14.0. The average Bonchev–Trinajstić information content (AvgIpc) is 3.65. The van der Waals surface area contributed by atoms with Crippen LogP contribution in [0.25, 0.3) is 10.9 Å². The maximum atomic E-state index is 14.0. The fourth-order valence-corrected chi connectivity index (χ4v) is 10.9. The SMILES string of the molecule is CC(C)(C)[Si](C)(C)O[C@@H](CNCc1cnc(NC(=O)CCCc2cccc(C3(C(=O)OC4CN5CCC4CC5)CCCCC3)c2)s1)c1ccc(O)c2[nH]c(=O)ccc12. The highest BCUT2D eigenvalue weighted by Crippen LogP contribution is 2.43. The average molecular weight is 828 g/mol. The van der Waals surface area contributed by atoms with Crippen molar-refractivity contribution in [2.45, 2.75) is 127 Å². The third kappa shape index (κ3) is 9.60. The molecule has 3 saturated heterocycles. The Morgan fingerprint density at radius 2 is 1.86 bits per heavy atom. The molecule has 8 rings (SSSR count). The molecule has 1 unspecified atom stereocenters. The number of nitrogens with one attached hydrogen (secondary N) is 3. The van der Waals surface area contributed by atoms with Crippen molar-refractivity contribution < 1.29 is 23.9 Å². The van der Waals surface area contributed by atoms with Crippen LogP contribution in [-0.2, 0) is 37.1 Å². The van der Waals surface area contributed by atoms with Crippen LogP contribution in [0, 0.1) is 5.92 Å². The van der Waals surface area contributed by atoms with E-state index in [2.05, 4.69) is 83.6 Å². The molecule has 1 amide bonds. The van der Waals surface area contributed by atoms with Crippen molar-refractivity contribution in [2.75, 3.05) is 31.5 Å². The van der Waals surface area contributed by atoms with Crippen LogP contribution in [0.4, 0.5) is 5.13 Å². The van der Waals surface area contributed by atoms with E-state index in [0.29, 0.717) is 42.5 Å². The number of amides is 1. The molecular formula is C45H61N5O6SSi. The molecule has 4 N–H and O–H groups in total. The summed E-state index contributed by atoms with van der Waals surface area (Å²) in [5.74, 6) is 0.392. The molecule has 2 atom stereocenters. The van der Waals surface area contributed by atoms with Gasteiger partial charge in [0, 0.05) is 48.6 Å². The zero-order valence-corrected chi connectivity index (χ0v) is 36.6. The van der Waals surface area contributed by atoms with E-state index in [0.717, 1.165) is 98.0 Å². The third-order valence-corrected chi connectivity index (χ3v) is 18.6. The molecular weight excluding hydrogens is 767 g/mol. The minimum atomic E-state index is -2.22. The summed E-state index contributed by atoms with van der Waals surface area (Å²) in [6, 6.07) is 15.1. The highest BCUT2D eigenvalue weighted by atomic mass is 32.1. The van der Waals surface area contributed by atoms with Crippen molar-refractivity contribution in [1.82, 2.24) is 20.2 Å². The first kappa shape index (κ1) is 42.2. The molecule has 1 saturated carbocycles. The van der Waals surface area contributed by atoms with Crippen molar-refractivity contribution in [1.29, 1.82) is 0 Å². The number of phenolic OH excluding ortho intramolecular Hbond substituents is 1. The van der Waals surface area contributed by atoms with Gasteiger partial charge < -0.3 is 29.9 Å². The summed E-state index contributed by atoms with van der Waals surface area (Å²) in [4.78, 5) is 49.8. The van der Waals surface area contributed by atoms with Gasteiger partial charge in [-0.1, -0.05) is 70.4 Å². The predicted octanol–water partition coefficient (Wildman–Crippen LogP) is 8.34. The molecule has 13 heteroatoms. The van der Waals surface area contributed by atoms with E-state index in [9.17, 15) is 19.5 Å². The van der Waals surface area contributed by atoms with Gasteiger partial charge in [-0.3, -0.25) is 19.3 Å². The highest BCUT2D eigenvalue weighted by molar-refractivity contribution is 7.15. The lowest BCUT2D eigenvalue weighted by molar-refractivity contribution is -0.167. The van der Waals surface area contributed by atoms with Gasteiger partial charge in [0.15, 0.2) is 13.4 Å². The number of piperidine rings is 3. The van der Waals surface area contributed by atoms with Crippen LogP contribution >= 0.6 is 11.3 Å². The number of esters is 1. The van der Waals surface area contributed by atoms with Gasteiger partial charge in [-0.2, -0.15) is 0 Å². The number of nitrogens with zero attached hydrogens (tertiary/aromatic N) is 2. The molecule has 4 fully saturated rings. The number of hydrogen-bond acceptors (Lipinski definition) is 10. The minimum Gasteiger partial charge on any atom is -0.506 e. The molecule has 0 spiro atoms. The summed E-state index contributed by atoms with van der Waals surface area (Å²) >= 11 is 1.44. The van der Waals surface area contributed by atoms with Crippen LogP contribution in [0.3, 0.4) is 0 Å². The van der Waals surface area contributed by atoms with E-state index in [1.54, 1.807) is 18.3 Å². The quantitative estimate of drug-likeness (QED) is 0.0687. The lowest BCUT2D eigenvalue weighted by atomic mass is 9.69. The number of aryl methyl sites for hydroxylation is 1. The van der Waals surface area contributed by atoms with Crippen molar-refractivity contribution >= 4 is 47.6 Å². The first-order valence-electron chi connectivity index (χ1n) is 21.2. The number of aromatic hydroxyl groups is 1. The van der Waals surface area contributed by atoms with Gasteiger partial charge >= 0.3 is 5.97 Å². The Kier molecular flexibility index (Phi) is 12.9. The highest BCUT2D eigenvalue weighted by Gasteiger charge is 2.46. The topological polar surface area (TPSA) is 146 Å². The van der Waals surface area contributed by atoms with Crippen molar-refractivity contribution in [2.24, 2.45) is 5.92 Å². The van der Waals surface area contributed by atoms with Crippen LogP contribution in [0.1, 0.15) is 106 Å². The second kappa shape index (κ2) is 17.8. The minimum absolute atomic E-state index is 0.00694. The number of anilines is 1. The second-order valence-electron chi connectivity index (χ2n) is 18.2. The first-order chi connectivity index (χ1) is 27.7. The molecule has 2 aromatic carbocycles. The zero-order valence-electron chi connectivity index (χ0n) is 34.8. The molecule has 11 nitrogen and oxygen atoms in total. The summed E-state index contributed by atoms with van der Waals surface area (Å²) in [6.45, 7) is 15.2. The lowest BCUT2D eigenvalue weighted by Gasteiger charge is -2.45. The molecule has 0 radical (unpaired) electrons. The van der Waals surface area contributed by atoms with Crippen LogP contribution in [-0.4, -0.2) is 72.5 Å². The Balaban J connectivity index is 0.928. The van der Waals surface area contributed by atoms with Gasteiger partial charge in [-0.05, 0) is 104 Å². The Morgan fingerprint density at radius 3 is 2.59 bits per heavy atom. The van der Waals surface area contributed by atoms with Gasteiger partial charge in [0.2, 0.25) is 11.5 Å². The molecule has 1 aliphatic carbocycles. The number of carbonyl (C=O) groups is 2. The predicted molar refractivity (Wildman–Crippen MR) is 233 cm³/mol. The Bertz CT molecular complexity index is 2130. The zero-order chi connectivity index (χ0) is 41.1. The van der Waals surface area contributed by atoms with E-state index < -0.39 is 13.7 Å². The standard InChI is InChI=1S/C45H61N5O6SSi/c1-44(2,3)58(4,5)56-37(34-15-17-36(51)41-35(34)16-18-40(53)48-41)28-46-26-33-27-47-43(57-33)49-39(52)14-10-12-30-11-9-13-32(25-30)45(21-7-6-8-22-45)42(54)55-38-29-50-23-19-31(38)20-24-50/h9,11,13,15-18,25,27,31,37-38,46,51H,6-8,10,12,14,19-24,26,28-29H2,1-5H3,(H,48,53)(H,47,49,52)/t37-,38?/m0/s1. The molecule has 5 heterocycles. The van der Waals surface area contributed by atoms with Gasteiger partial charge in [0.25, 0.3) is 0 Å². The summed E-state index contributed by atoms with van der Waals surface area (Å²) in [5.41, 5.74) is 2.62. The maximum Gasteiger partial charge on any atom is 0.316 e. The molecule has 4 aromatic rings. The fourth-order valence-electron chi connectivity index (χ4n) is 8.78. The van der Waals surface area contributed by atoms with Crippen LogP contribution in [0.15, 0.2) is 59.5 Å². The largest absolute Gasteiger partial charge is 0.506 e. The van der Waals surface area contributed by atoms with Gasteiger partial charge in [0.1, 0.15) is 11.9 Å². The number of H-pyrrole nitrogens is 1. The first-order valence-corrected chi connectivity index (χ1v) is 24.9. The fraction of sp³-hybridized carbons (Fsp3) is 0.556. The van der Waals surface area contributed by atoms with E-state index in [4.69, 9.17) is 9.16 Å². The summed E-state index contributed by atoms with van der Waals surface area (Å²) in [7, 11) is -2.22. The normalized spacial score (nSPS) is 21.2. The number of rotatable bonds is 15. The lowest BCUT2D eigenvalue weighted by Crippen LogP contribution is -2.53. The van der Waals surface area contributed by atoms with Crippen LogP contribution in [0.5, 0.6) is 5.75 Å². The van der Waals surface area contributed by atoms with E-state index in [1.807, 2.05) is 6.07 Å². The number of ether oxygens (including phenoxy) is 1. The number of benzene rings is 2. The number of carbonyl (C=O) groups excluding carboxylic acids is 2. The molecule has 3 aliphatic heterocycles. The number of pyridine rings is 1.